The summed E-state index contributed by atoms with van der Waals surface area (Å²) in [7, 11) is 1.46. The van der Waals surface area contributed by atoms with Crippen LogP contribution in [0.25, 0.3) is 0 Å². The van der Waals surface area contributed by atoms with Crippen LogP contribution in [0.1, 0.15) is 11.1 Å². The monoisotopic (exact) mass is 438 g/mol. The topological polar surface area (TPSA) is 158 Å². The number of aliphatic hydroxyl groups is 4. The summed E-state index contributed by atoms with van der Waals surface area (Å²) in [5, 5.41) is 60.3. The summed E-state index contributed by atoms with van der Waals surface area (Å²) in [6.07, 6.45) is -7.60. The van der Waals surface area contributed by atoms with Gasteiger partial charge < -0.3 is 49.6 Å². The van der Waals surface area contributed by atoms with Crippen molar-refractivity contribution in [3.8, 4) is 34.5 Å². The van der Waals surface area contributed by atoms with E-state index < -0.39 is 37.3 Å². The molecule has 0 spiro atoms. The molecule has 0 aliphatic carbocycles. The van der Waals surface area contributed by atoms with Crippen LogP contribution in [0.2, 0.25) is 0 Å². The largest absolute Gasteiger partial charge is 0.504 e. The normalized spacial score (nSPS) is 25.8. The van der Waals surface area contributed by atoms with Crippen LogP contribution in [0.3, 0.4) is 0 Å². The van der Waals surface area contributed by atoms with Gasteiger partial charge in [0.25, 0.3) is 0 Å². The molecule has 3 rings (SSSR count). The first-order chi connectivity index (χ1) is 14.7. The number of aromatic hydroxyl groups is 2. The Hall–Kier alpha value is -2.76. The van der Waals surface area contributed by atoms with E-state index in [0.29, 0.717) is 16.9 Å². The fourth-order valence-corrected chi connectivity index (χ4v) is 3.28. The fourth-order valence-electron chi connectivity index (χ4n) is 3.28. The molecule has 170 valence electrons. The zero-order chi connectivity index (χ0) is 22.9. The first-order valence-electron chi connectivity index (χ1n) is 9.52. The molecule has 10 heteroatoms. The van der Waals surface area contributed by atoms with Gasteiger partial charge in [-0.2, -0.15) is 0 Å². The van der Waals surface area contributed by atoms with E-state index >= 15 is 0 Å². The minimum absolute atomic E-state index is 0.00183. The predicted octanol–water partition coefficient (Wildman–Crippen LogP) is 0.694. The Morgan fingerprint density at radius 1 is 0.903 bits per heavy atom. The second-order valence-electron chi connectivity index (χ2n) is 7.32. The summed E-state index contributed by atoms with van der Waals surface area (Å²) in [5.74, 6) is -0.284. The van der Waals surface area contributed by atoms with E-state index in [2.05, 4.69) is 0 Å². The Balaban J connectivity index is 1.96. The minimum atomic E-state index is -1.68. The van der Waals surface area contributed by atoms with Crippen LogP contribution in [0, 0.1) is 13.8 Å². The summed E-state index contributed by atoms with van der Waals surface area (Å²) >= 11 is 0. The van der Waals surface area contributed by atoms with Crippen molar-refractivity contribution in [3.63, 3.8) is 0 Å². The van der Waals surface area contributed by atoms with E-state index in [4.69, 9.17) is 18.9 Å². The van der Waals surface area contributed by atoms with E-state index in [1.165, 1.54) is 25.3 Å². The van der Waals surface area contributed by atoms with Crippen LogP contribution in [0.4, 0.5) is 0 Å². The predicted molar refractivity (Wildman–Crippen MR) is 107 cm³/mol. The number of benzene rings is 2. The molecule has 2 aromatic rings. The molecule has 0 bridgehead atoms. The van der Waals surface area contributed by atoms with Gasteiger partial charge in [-0.15, -0.1) is 0 Å². The Kier molecular flexibility index (Phi) is 6.77. The summed E-state index contributed by atoms with van der Waals surface area (Å²) in [6.45, 7) is 2.75. The van der Waals surface area contributed by atoms with Crippen molar-refractivity contribution in [1.82, 2.24) is 0 Å². The van der Waals surface area contributed by atoms with E-state index in [1.807, 2.05) is 0 Å². The molecule has 10 nitrogen and oxygen atoms in total. The van der Waals surface area contributed by atoms with Gasteiger partial charge in [0.2, 0.25) is 12.0 Å². The third-order valence-electron chi connectivity index (χ3n) is 4.94. The van der Waals surface area contributed by atoms with Crippen molar-refractivity contribution >= 4 is 0 Å². The van der Waals surface area contributed by atoms with Crippen LogP contribution >= 0.6 is 0 Å². The Morgan fingerprint density at radius 2 is 1.58 bits per heavy atom. The number of hydrogen-bond donors (Lipinski definition) is 6. The molecule has 31 heavy (non-hydrogen) atoms. The average molecular weight is 438 g/mol. The average Bonchev–Trinajstić information content (AvgIpc) is 2.72. The SMILES string of the molecule is COc1cc(C)c(Oc2cc(C)cc(O)c2OC2OC(CO)C(O)C(O)C2O)c(O)c1. The van der Waals surface area contributed by atoms with E-state index in [9.17, 15) is 30.6 Å². The van der Waals surface area contributed by atoms with Crippen molar-refractivity contribution < 1.29 is 49.6 Å². The molecule has 2 aromatic carbocycles. The van der Waals surface area contributed by atoms with Crippen LogP contribution in [-0.4, -0.2) is 75.1 Å². The molecule has 0 amide bonds. The highest BCUT2D eigenvalue weighted by molar-refractivity contribution is 5.58. The quantitative estimate of drug-likeness (QED) is 0.379. The van der Waals surface area contributed by atoms with Crippen LogP contribution in [0.5, 0.6) is 34.5 Å². The van der Waals surface area contributed by atoms with Gasteiger partial charge in [0, 0.05) is 6.07 Å². The van der Waals surface area contributed by atoms with Gasteiger partial charge in [-0.1, -0.05) is 0 Å². The van der Waals surface area contributed by atoms with Gasteiger partial charge in [0.05, 0.1) is 13.7 Å². The summed E-state index contributed by atoms with van der Waals surface area (Å²) in [5.41, 5.74) is 1.15. The van der Waals surface area contributed by atoms with Crippen molar-refractivity contribution in [2.24, 2.45) is 0 Å². The maximum absolute atomic E-state index is 10.4. The molecule has 5 unspecified atom stereocenters. The molecular weight excluding hydrogens is 412 g/mol. The molecule has 6 N–H and O–H groups in total. The molecule has 1 fully saturated rings. The first kappa shape index (κ1) is 22.9. The summed E-state index contributed by atoms with van der Waals surface area (Å²) in [4.78, 5) is 0. The van der Waals surface area contributed by atoms with Gasteiger partial charge >= 0.3 is 0 Å². The van der Waals surface area contributed by atoms with Crippen LogP contribution in [-0.2, 0) is 4.74 Å². The van der Waals surface area contributed by atoms with Gasteiger partial charge in [-0.3, -0.25) is 0 Å². The Morgan fingerprint density at radius 3 is 2.19 bits per heavy atom. The number of rotatable bonds is 6. The lowest BCUT2D eigenvalue weighted by Gasteiger charge is -2.39. The van der Waals surface area contributed by atoms with Crippen LogP contribution < -0.4 is 14.2 Å². The number of hydrogen-bond acceptors (Lipinski definition) is 10. The lowest BCUT2D eigenvalue weighted by atomic mass is 9.99. The molecule has 1 aliphatic heterocycles. The zero-order valence-corrected chi connectivity index (χ0v) is 17.2. The van der Waals surface area contributed by atoms with E-state index in [1.54, 1.807) is 19.9 Å². The number of aryl methyl sites for hydroxylation is 2. The molecular formula is C21H26O10. The number of ether oxygens (including phenoxy) is 4. The lowest BCUT2D eigenvalue weighted by Crippen LogP contribution is -2.60. The maximum atomic E-state index is 10.4. The Bertz CT molecular complexity index is 906. The molecule has 1 heterocycles. The number of phenols is 2. The second-order valence-corrected chi connectivity index (χ2v) is 7.32. The molecule has 1 saturated heterocycles. The van der Waals surface area contributed by atoms with E-state index in [0.717, 1.165) is 0 Å². The summed E-state index contributed by atoms with van der Waals surface area (Å²) in [6, 6.07) is 5.91. The molecule has 1 aliphatic rings. The number of phenolic OH excluding ortho intramolecular Hbond substituents is 2. The van der Waals surface area contributed by atoms with Gasteiger partial charge in [-0.25, -0.2) is 0 Å². The molecule has 5 atom stereocenters. The summed E-state index contributed by atoms with van der Waals surface area (Å²) < 4.78 is 21.9. The smallest absolute Gasteiger partial charge is 0.229 e. The van der Waals surface area contributed by atoms with Crippen molar-refractivity contribution in [2.75, 3.05) is 13.7 Å². The first-order valence-corrected chi connectivity index (χ1v) is 9.52. The molecule has 0 radical (unpaired) electrons. The van der Waals surface area contributed by atoms with Gasteiger partial charge in [0.1, 0.15) is 30.2 Å². The molecule has 0 saturated carbocycles. The highest BCUT2D eigenvalue weighted by Gasteiger charge is 2.45. The standard InChI is InChI=1S/C21H26O10/c1-9-4-12(23)20(31-21-18(27)17(26)16(25)15(8-22)30-21)14(5-9)29-19-10(2)6-11(28-3)7-13(19)24/h4-7,15-18,21-27H,8H2,1-3H3. The fraction of sp³-hybridized carbons (Fsp3) is 0.429. The Labute approximate surface area is 178 Å². The van der Waals surface area contributed by atoms with E-state index in [-0.39, 0.29) is 28.7 Å². The second kappa shape index (κ2) is 9.16. The van der Waals surface area contributed by atoms with Crippen molar-refractivity contribution in [2.45, 2.75) is 44.6 Å². The van der Waals surface area contributed by atoms with Crippen LogP contribution in [0.15, 0.2) is 24.3 Å². The highest BCUT2D eigenvalue weighted by atomic mass is 16.7. The lowest BCUT2D eigenvalue weighted by molar-refractivity contribution is -0.277. The van der Waals surface area contributed by atoms with Gasteiger partial charge in [0.15, 0.2) is 23.0 Å². The zero-order valence-electron chi connectivity index (χ0n) is 17.2. The number of aliphatic hydroxyl groups excluding tert-OH is 4. The number of methoxy groups -OCH3 is 1. The van der Waals surface area contributed by atoms with Gasteiger partial charge in [-0.05, 0) is 43.2 Å². The third-order valence-corrected chi connectivity index (χ3v) is 4.94. The minimum Gasteiger partial charge on any atom is -0.504 e. The maximum Gasteiger partial charge on any atom is 0.229 e. The van der Waals surface area contributed by atoms with Crippen molar-refractivity contribution in [3.05, 3.63) is 35.4 Å². The highest BCUT2D eigenvalue weighted by Crippen LogP contribution is 2.45. The van der Waals surface area contributed by atoms with Crippen molar-refractivity contribution in [1.29, 1.82) is 0 Å². The molecule has 0 aromatic heterocycles. The third kappa shape index (κ3) is 4.63.